The third-order valence-electron chi connectivity index (χ3n) is 1.97. The van der Waals surface area contributed by atoms with Crippen molar-refractivity contribution in [2.45, 2.75) is 0 Å². The molecule has 0 unspecified atom stereocenters. The van der Waals surface area contributed by atoms with Crippen LogP contribution in [0.5, 0.6) is 0 Å². The Morgan fingerprint density at radius 2 is 2.06 bits per heavy atom. The second-order valence-electron chi connectivity index (χ2n) is 3.10. The molecular formula is C11H7BrClFN2. The van der Waals surface area contributed by atoms with Gasteiger partial charge in [-0.3, -0.25) is 4.98 Å². The van der Waals surface area contributed by atoms with Crippen LogP contribution in [-0.2, 0) is 0 Å². The van der Waals surface area contributed by atoms with E-state index in [4.69, 9.17) is 11.6 Å². The Kier molecular flexibility index (Phi) is 3.41. The van der Waals surface area contributed by atoms with Gasteiger partial charge < -0.3 is 5.32 Å². The molecule has 1 heterocycles. The van der Waals surface area contributed by atoms with Gasteiger partial charge in [0.25, 0.3) is 0 Å². The van der Waals surface area contributed by atoms with Gasteiger partial charge >= 0.3 is 0 Å². The molecule has 0 radical (unpaired) electrons. The largest absolute Gasteiger partial charge is 0.352 e. The molecule has 1 aromatic carbocycles. The van der Waals surface area contributed by atoms with Crippen molar-refractivity contribution in [2.75, 3.05) is 5.32 Å². The highest BCUT2D eigenvalue weighted by molar-refractivity contribution is 9.10. The summed E-state index contributed by atoms with van der Waals surface area (Å²) in [5, 5.41) is 3.42. The Morgan fingerprint density at radius 1 is 1.25 bits per heavy atom. The van der Waals surface area contributed by atoms with Crippen molar-refractivity contribution in [3.05, 3.63) is 52.0 Å². The number of halogens is 3. The van der Waals surface area contributed by atoms with Gasteiger partial charge in [-0.2, -0.15) is 0 Å². The first-order valence-corrected chi connectivity index (χ1v) is 5.65. The minimum absolute atomic E-state index is 0.333. The van der Waals surface area contributed by atoms with Crippen LogP contribution in [0, 0.1) is 5.82 Å². The molecule has 0 spiro atoms. The molecule has 2 aromatic rings. The van der Waals surface area contributed by atoms with Crippen molar-refractivity contribution >= 4 is 38.9 Å². The van der Waals surface area contributed by atoms with Crippen LogP contribution >= 0.6 is 27.5 Å². The maximum Gasteiger partial charge on any atom is 0.146 e. The smallest absolute Gasteiger partial charge is 0.146 e. The predicted octanol–water partition coefficient (Wildman–Crippen LogP) is 4.38. The number of nitrogens with one attached hydrogen (secondary N) is 1. The average Bonchev–Trinajstić information content (AvgIpc) is 2.27. The molecule has 0 saturated carbocycles. The lowest BCUT2D eigenvalue weighted by atomic mass is 10.3. The quantitative estimate of drug-likeness (QED) is 0.890. The molecule has 5 heteroatoms. The number of hydrogen-bond donors (Lipinski definition) is 1. The summed E-state index contributed by atoms with van der Waals surface area (Å²) in [6.45, 7) is 0. The lowest BCUT2D eigenvalue weighted by Gasteiger charge is -2.09. The molecule has 0 aliphatic carbocycles. The van der Waals surface area contributed by atoms with E-state index in [-0.39, 0.29) is 5.82 Å². The van der Waals surface area contributed by atoms with E-state index >= 15 is 0 Å². The van der Waals surface area contributed by atoms with Crippen LogP contribution in [0.4, 0.5) is 15.8 Å². The lowest BCUT2D eigenvalue weighted by Crippen LogP contribution is -1.94. The Morgan fingerprint density at radius 3 is 2.81 bits per heavy atom. The summed E-state index contributed by atoms with van der Waals surface area (Å²) in [6, 6.07) is 6.09. The molecular weight excluding hydrogens is 294 g/mol. The number of nitrogens with zero attached hydrogens (tertiary/aromatic N) is 1. The zero-order valence-electron chi connectivity index (χ0n) is 8.05. The minimum atomic E-state index is -0.354. The van der Waals surface area contributed by atoms with Crippen LogP contribution in [0.2, 0.25) is 5.02 Å². The molecule has 0 saturated heterocycles. The zero-order valence-corrected chi connectivity index (χ0v) is 10.4. The van der Waals surface area contributed by atoms with Gasteiger partial charge in [-0.05, 0) is 40.2 Å². The highest BCUT2D eigenvalue weighted by Gasteiger charge is 2.05. The summed E-state index contributed by atoms with van der Waals surface area (Å²) >= 11 is 9.11. The Balaban J connectivity index is 2.34. The first kappa shape index (κ1) is 11.4. The van der Waals surface area contributed by atoms with E-state index in [2.05, 4.69) is 26.2 Å². The van der Waals surface area contributed by atoms with Crippen LogP contribution in [0.3, 0.4) is 0 Å². The molecule has 1 aromatic heterocycles. The Bertz CT molecular complexity index is 519. The topological polar surface area (TPSA) is 24.9 Å². The Labute approximate surface area is 106 Å². The second-order valence-corrected chi connectivity index (χ2v) is 4.40. The van der Waals surface area contributed by atoms with Gasteiger partial charge in [-0.1, -0.05) is 11.6 Å². The number of rotatable bonds is 2. The van der Waals surface area contributed by atoms with Crippen LogP contribution in [0.25, 0.3) is 0 Å². The lowest BCUT2D eigenvalue weighted by molar-refractivity contribution is 0.632. The molecule has 2 rings (SSSR count). The van der Waals surface area contributed by atoms with Gasteiger partial charge in [-0.25, -0.2) is 4.39 Å². The standard InChI is InChI=1S/C11H7BrClFN2/c12-8-6-15-4-3-10(8)16-11-5-7(13)1-2-9(11)14/h1-6H,(H,15,16). The summed E-state index contributed by atoms with van der Waals surface area (Å²) in [5.74, 6) is -0.354. The summed E-state index contributed by atoms with van der Waals surface area (Å²) in [7, 11) is 0. The van der Waals surface area contributed by atoms with Crippen LogP contribution in [0.15, 0.2) is 41.1 Å². The molecule has 0 bridgehead atoms. The molecule has 16 heavy (non-hydrogen) atoms. The van der Waals surface area contributed by atoms with E-state index < -0.39 is 0 Å². The zero-order chi connectivity index (χ0) is 11.5. The van der Waals surface area contributed by atoms with E-state index in [1.54, 1.807) is 18.5 Å². The fraction of sp³-hybridized carbons (Fsp3) is 0. The van der Waals surface area contributed by atoms with Gasteiger partial charge in [-0.15, -0.1) is 0 Å². The number of benzene rings is 1. The van der Waals surface area contributed by atoms with Gasteiger partial charge in [0, 0.05) is 17.4 Å². The number of aromatic nitrogens is 1. The monoisotopic (exact) mass is 300 g/mol. The highest BCUT2D eigenvalue weighted by Crippen LogP contribution is 2.27. The van der Waals surface area contributed by atoms with Gasteiger partial charge in [0.05, 0.1) is 15.8 Å². The fourth-order valence-corrected chi connectivity index (χ4v) is 1.74. The Hall–Kier alpha value is -1.13. The van der Waals surface area contributed by atoms with E-state index in [0.717, 1.165) is 10.2 Å². The van der Waals surface area contributed by atoms with Gasteiger partial charge in [0.2, 0.25) is 0 Å². The van der Waals surface area contributed by atoms with Crippen molar-refractivity contribution in [3.63, 3.8) is 0 Å². The van der Waals surface area contributed by atoms with E-state index in [1.165, 1.54) is 18.2 Å². The molecule has 0 atom stereocenters. The SMILES string of the molecule is Fc1ccc(Cl)cc1Nc1ccncc1Br. The molecule has 2 nitrogen and oxygen atoms in total. The van der Waals surface area contributed by atoms with Crippen LogP contribution in [0.1, 0.15) is 0 Å². The molecule has 82 valence electrons. The summed E-state index contributed by atoms with van der Waals surface area (Å²) in [6.07, 6.45) is 3.25. The van der Waals surface area contributed by atoms with Crippen molar-refractivity contribution in [3.8, 4) is 0 Å². The number of hydrogen-bond acceptors (Lipinski definition) is 2. The van der Waals surface area contributed by atoms with Crippen LogP contribution < -0.4 is 5.32 Å². The average molecular weight is 302 g/mol. The van der Waals surface area contributed by atoms with Crippen molar-refractivity contribution in [2.24, 2.45) is 0 Å². The van der Waals surface area contributed by atoms with Crippen molar-refractivity contribution in [1.82, 2.24) is 4.98 Å². The van der Waals surface area contributed by atoms with Gasteiger partial charge in [0.15, 0.2) is 0 Å². The number of anilines is 2. The summed E-state index contributed by atoms with van der Waals surface area (Å²) in [5.41, 5.74) is 1.07. The first-order chi connectivity index (χ1) is 7.66. The molecule has 0 fully saturated rings. The maximum atomic E-state index is 13.4. The summed E-state index contributed by atoms with van der Waals surface area (Å²) in [4.78, 5) is 3.92. The van der Waals surface area contributed by atoms with E-state index in [9.17, 15) is 4.39 Å². The molecule has 1 N–H and O–H groups in total. The normalized spacial score (nSPS) is 10.2. The first-order valence-electron chi connectivity index (χ1n) is 4.48. The summed E-state index contributed by atoms with van der Waals surface area (Å²) < 4.78 is 14.2. The van der Waals surface area contributed by atoms with Crippen LogP contribution in [-0.4, -0.2) is 4.98 Å². The van der Waals surface area contributed by atoms with Crippen molar-refractivity contribution < 1.29 is 4.39 Å². The molecule has 0 aliphatic rings. The highest BCUT2D eigenvalue weighted by atomic mass is 79.9. The van der Waals surface area contributed by atoms with E-state index in [0.29, 0.717) is 10.7 Å². The number of pyridine rings is 1. The third-order valence-corrected chi connectivity index (χ3v) is 2.84. The fourth-order valence-electron chi connectivity index (χ4n) is 1.21. The second kappa shape index (κ2) is 4.80. The van der Waals surface area contributed by atoms with Gasteiger partial charge in [0.1, 0.15) is 5.82 Å². The van der Waals surface area contributed by atoms with E-state index in [1.807, 2.05) is 0 Å². The molecule has 0 aliphatic heterocycles. The molecule has 0 amide bonds. The third kappa shape index (κ3) is 2.51. The van der Waals surface area contributed by atoms with Crippen molar-refractivity contribution in [1.29, 1.82) is 0 Å². The predicted molar refractivity (Wildman–Crippen MR) is 66.6 cm³/mol. The maximum absolute atomic E-state index is 13.4. The minimum Gasteiger partial charge on any atom is -0.352 e.